The standard InChI is InChI=1S/C23H28N2O4S/c1-29-19-12-13-21-17(15-19)7-5-11-22(21)24-23(26)18-8-6-14-25(16-18)30(27,28)20-9-3-2-4-10-20/h2-4,9-10,12-13,15,18,22H,5-8,11,14,16H2,1H3,(H,24,26). The topological polar surface area (TPSA) is 75.7 Å². The summed E-state index contributed by atoms with van der Waals surface area (Å²) in [6.07, 6.45) is 4.26. The molecule has 6 nitrogen and oxygen atoms in total. The highest BCUT2D eigenvalue weighted by Crippen LogP contribution is 2.33. The lowest BCUT2D eigenvalue weighted by Crippen LogP contribution is -2.46. The van der Waals surface area contributed by atoms with Crippen molar-refractivity contribution in [3.05, 3.63) is 59.7 Å². The number of sulfonamides is 1. The zero-order chi connectivity index (χ0) is 21.1. The van der Waals surface area contributed by atoms with Gasteiger partial charge in [0.1, 0.15) is 5.75 Å². The Balaban J connectivity index is 1.46. The number of methoxy groups -OCH3 is 1. The van der Waals surface area contributed by atoms with E-state index >= 15 is 0 Å². The lowest BCUT2D eigenvalue weighted by atomic mass is 9.87. The molecule has 7 heteroatoms. The Bertz CT molecular complexity index is 1010. The first-order valence-corrected chi connectivity index (χ1v) is 12.0. The highest BCUT2D eigenvalue weighted by Gasteiger charge is 2.34. The molecule has 1 fully saturated rings. The number of carbonyl (C=O) groups excluding carboxylic acids is 1. The normalized spacial score (nSPS) is 22.2. The third-order valence-corrected chi connectivity index (χ3v) is 8.00. The van der Waals surface area contributed by atoms with Gasteiger partial charge in [-0.1, -0.05) is 24.3 Å². The molecule has 0 spiro atoms. The van der Waals surface area contributed by atoms with Gasteiger partial charge in [0.05, 0.1) is 24.0 Å². The number of hydrogen-bond donors (Lipinski definition) is 1. The summed E-state index contributed by atoms with van der Waals surface area (Å²) in [5.74, 6) is 0.437. The fourth-order valence-electron chi connectivity index (χ4n) is 4.47. The lowest BCUT2D eigenvalue weighted by Gasteiger charge is -2.33. The van der Waals surface area contributed by atoms with Gasteiger partial charge in [-0.05, 0) is 67.5 Å². The number of nitrogens with one attached hydrogen (secondary N) is 1. The second kappa shape index (κ2) is 8.78. The van der Waals surface area contributed by atoms with Crippen LogP contribution in [0.2, 0.25) is 0 Å². The highest BCUT2D eigenvalue weighted by molar-refractivity contribution is 7.89. The summed E-state index contributed by atoms with van der Waals surface area (Å²) in [5, 5.41) is 3.19. The van der Waals surface area contributed by atoms with Crippen molar-refractivity contribution in [1.82, 2.24) is 9.62 Å². The predicted octanol–water partition coefficient (Wildman–Crippen LogP) is 3.29. The first-order chi connectivity index (χ1) is 14.5. The first kappa shape index (κ1) is 20.9. The molecule has 1 saturated heterocycles. The molecule has 1 aliphatic carbocycles. The van der Waals surface area contributed by atoms with Crippen LogP contribution in [0, 0.1) is 5.92 Å². The molecular formula is C23H28N2O4S. The van der Waals surface area contributed by atoms with Crippen LogP contribution in [0.25, 0.3) is 0 Å². The second-order valence-corrected chi connectivity index (χ2v) is 9.97. The Hall–Kier alpha value is -2.38. The van der Waals surface area contributed by atoms with Crippen molar-refractivity contribution >= 4 is 15.9 Å². The molecule has 2 atom stereocenters. The molecule has 1 aliphatic heterocycles. The zero-order valence-corrected chi connectivity index (χ0v) is 18.0. The van der Waals surface area contributed by atoms with E-state index in [1.54, 1.807) is 37.4 Å². The number of aryl methyl sites for hydroxylation is 1. The van der Waals surface area contributed by atoms with Gasteiger partial charge in [0.25, 0.3) is 0 Å². The number of fused-ring (bicyclic) bond motifs is 1. The zero-order valence-electron chi connectivity index (χ0n) is 17.2. The summed E-state index contributed by atoms with van der Waals surface area (Å²) < 4.78 is 32.7. The monoisotopic (exact) mass is 428 g/mol. The van der Waals surface area contributed by atoms with E-state index in [9.17, 15) is 13.2 Å². The maximum absolute atomic E-state index is 13.1. The number of amides is 1. The van der Waals surface area contributed by atoms with E-state index in [0.29, 0.717) is 19.4 Å². The Morgan fingerprint density at radius 3 is 2.67 bits per heavy atom. The average Bonchev–Trinajstić information content (AvgIpc) is 2.79. The van der Waals surface area contributed by atoms with Crippen LogP contribution < -0.4 is 10.1 Å². The predicted molar refractivity (Wildman–Crippen MR) is 115 cm³/mol. The average molecular weight is 429 g/mol. The van der Waals surface area contributed by atoms with Crippen molar-refractivity contribution in [3.63, 3.8) is 0 Å². The minimum atomic E-state index is -3.58. The molecule has 0 aromatic heterocycles. The third-order valence-electron chi connectivity index (χ3n) is 6.12. The smallest absolute Gasteiger partial charge is 0.243 e. The number of piperidine rings is 1. The molecule has 2 aliphatic rings. The van der Waals surface area contributed by atoms with Gasteiger partial charge < -0.3 is 10.1 Å². The molecule has 160 valence electrons. The van der Waals surface area contributed by atoms with Gasteiger partial charge in [0, 0.05) is 13.1 Å². The molecule has 4 rings (SSSR count). The molecule has 2 aromatic carbocycles. The van der Waals surface area contributed by atoms with E-state index < -0.39 is 10.0 Å². The molecule has 0 bridgehead atoms. The Morgan fingerprint density at radius 1 is 1.10 bits per heavy atom. The van der Waals surface area contributed by atoms with E-state index in [0.717, 1.165) is 30.6 Å². The summed E-state index contributed by atoms with van der Waals surface area (Å²) in [6, 6.07) is 14.4. The van der Waals surface area contributed by atoms with E-state index in [1.165, 1.54) is 9.87 Å². The summed E-state index contributed by atoms with van der Waals surface area (Å²) in [6.45, 7) is 0.679. The van der Waals surface area contributed by atoms with Crippen molar-refractivity contribution in [3.8, 4) is 5.75 Å². The van der Waals surface area contributed by atoms with Crippen LogP contribution in [-0.2, 0) is 21.2 Å². The minimum absolute atomic E-state index is 0.0340. The Kier molecular flexibility index (Phi) is 6.11. The van der Waals surface area contributed by atoms with Gasteiger partial charge in [0.2, 0.25) is 15.9 Å². The van der Waals surface area contributed by atoms with E-state index in [1.807, 2.05) is 18.2 Å². The molecule has 1 amide bonds. The van der Waals surface area contributed by atoms with Crippen molar-refractivity contribution in [2.45, 2.75) is 43.0 Å². The van der Waals surface area contributed by atoms with Crippen molar-refractivity contribution in [2.75, 3.05) is 20.2 Å². The molecule has 2 aromatic rings. The molecule has 2 unspecified atom stereocenters. The fraction of sp³-hybridized carbons (Fsp3) is 0.435. The number of rotatable bonds is 5. The van der Waals surface area contributed by atoms with Gasteiger partial charge >= 0.3 is 0 Å². The maximum atomic E-state index is 13.1. The van der Waals surface area contributed by atoms with Crippen LogP contribution in [0.5, 0.6) is 5.75 Å². The van der Waals surface area contributed by atoms with Crippen LogP contribution in [0.1, 0.15) is 42.9 Å². The largest absolute Gasteiger partial charge is 0.497 e. The third kappa shape index (κ3) is 4.23. The van der Waals surface area contributed by atoms with Gasteiger partial charge in [0.15, 0.2) is 0 Å². The number of hydrogen-bond acceptors (Lipinski definition) is 4. The molecule has 0 saturated carbocycles. The lowest BCUT2D eigenvalue weighted by molar-refractivity contribution is -0.127. The van der Waals surface area contributed by atoms with Crippen molar-refractivity contribution in [1.29, 1.82) is 0 Å². The Morgan fingerprint density at radius 2 is 1.90 bits per heavy atom. The molecule has 1 heterocycles. The second-order valence-electron chi connectivity index (χ2n) is 8.03. The van der Waals surface area contributed by atoms with Gasteiger partial charge in [-0.3, -0.25) is 4.79 Å². The summed E-state index contributed by atoms with van der Waals surface area (Å²) >= 11 is 0. The van der Waals surface area contributed by atoms with Gasteiger partial charge in [-0.15, -0.1) is 0 Å². The summed E-state index contributed by atoms with van der Waals surface area (Å²) in [5.41, 5.74) is 2.35. The van der Waals surface area contributed by atoms with E-state index in [2.05, 4.69) is 5.32 Å². The number of benzene rings is 2. The number of nitrogens with zero attached hydrogens (tertiary/aromatic N) is 1. The fourth-order valence-corrected chi connectivity index (χ4v) is 6.02. The van der Waals surface area contributed by atoms with Crippen LogP contribution >= 0.6 is 0 Å². The summed E-state index contributed by atoms with van der Waals surface area (Å²) in [4.78, 5) is 13.3. The van der Waals surface area contributed by atoms with Crippen molar-refractivity contribution < 1.29 is 17.9 Å². The highest BCUT2D eigenvalue weighted by atomic mass is 32.2. The van der Waals surface area contributed by atoms with Gasteiger partial charge in [-0.25, -0.2) is 8.42 Å². The quantitative estimate of drug-likeness (QED) is 0.793. The number of ether oxygens (including phenoxy) is 1. The van der Waals surface area contributed by atoms with Gasteiger partial charge in [-0.2, -0.15) is 4.31 Å². The van der Waals surface area contributed by atoms with E-state index in [-0.39, 0.29) is 29.3 Å². The molecular weight excluding hydrogens is 400 g/mol. The first-order valence-electron chi connectivity index (χ1n) is 10.5. The van der Waals surface area contributed by atoms with E-state index in [4.69, 9.17) is 4.74 Å². The van der Waals surface area contributed by atoms with Crippen LogP contribution in [-0.4, -0.2) is 38.8 Å². The molecule has 30 heavy (non-hydrogen) atoms. The van der Waals surface area contributed by atoms with Crippen LogP contribution in [0.3, 0.4) is 0 Å². The summed E-state index contributed by atoms with van der Waals surface area (Å²) in [7, 11) is -1.92. The van der Waals surface area contributed by atoms with Crippen LogP contribution in [0.4, 0.5) is 0 Å². The maximum Gasteiger partial charge on any atom is 0.243 e. The van der Waals surface area contributed by atoms with Crippen LogP contribution in [0.15, 0.2) is 53.4 Å². The van der Waals surface area contributed by atoms with Crippen molar-refractivity contribution in [2.24, 2.45) is 5.92 Å². The SMILES string of the molecule is COc1ccc2c(c1)CCCC2NC(=O)C1CCCN(S(=O)(=O)c2ccccc2)C1. The number of carbonyl (C=O) groups is 1. The molecule has 1 N–H and O–H groups in total. The minimum Gasteiger partial charge on any atom is -0.497 e. The molecule has 0 radical (unpaired) electrons. The Labute approximate surface area is 178 Å².